The van der Waals surface area contributed by atoms with Gasteiger partial charge in [-0.05, 0) is 30.7 Å². The molecule has 4 nitrogen and oxygen atoms in total. The molecule has 4 heteroatoms. The summed E-state index contributed by atoms with van der Waals surface area (Å²) in [4.78, 5) is 31.2. The highest BCUT2D eigenvalue weighted by Crippen LogP contribution is 2.26. The normalized spacial score (nSPS) is 12.0. The van der Waals surface area contributed by atoms with Crippen molar-refractivity contribution in [1.29, 1.82) is 0 Å². The van der Waals surface area contributed by atoms with Gasteiger partial charge in [-0.3, -0.25) is 9.59 Å². The van der Waals surface area contributed by atoms with E-state index in [2.05, 4.69) is 0 Å². The average molecular weight is 378 g/mol. The van der Waals surface area contributed by atoms with Crippen molar-refractivity contribution in [2.75, 3.05) is 0 Å². The predicted molar refractivity (Wildman–Crippen MR) is 117 cm³/mol. The number of aldehydes is 2. The third-order valence-electron chi connectivity index (χ3n) is 4.70. The third-order valence-corrected chi connectivity index (χ3v) is 4.70. The van der Waals surface area contributed by atoms with Crippen molar-refractivity contribution in [2.24, 2.45) is 0 Å². The van der Waals surface area contributed by atoms with Gasteiger partial charge in [0.25, 0.3) is 0 Å². The molecule has 2 aromatic carbocycles. The molecule has 0 saturated heterocycles. The maximum Gasteiger partial charge on any atom is 0.150 e. The SMILES string of the molecule is C/C(C=O)=C\C=C\c1ccc2ccc3ccc(-c4ccc(C=O)cc4)nc3c2n1. The molecule has 0 amide bonds. The lowest BCUT2D eigenvalue weighted by Gasteiger charge is -2.07. The van der Waals surface area contributed by atoms with Crippen molar-refractivity contribution in [3.05, 3.63) is 89.6 Å². The van der Waals surface area contributed by atoms with E-state index in [1.165, 1.54) is 0 Å². The van der Waals surface area contributed by atoms with Crippen LogP contribution >= 0.6 is 0 Å². The highest BCUT2D eigenvalue weighted by molar-refractivity contribution is 6.03. The number of aromatic nitrogens is 2. The first kappa shape index (κ1) is 18.4. The molecule has 29 heavy (non-hydrogen) atoms. The van der Waals surface area contributed by atoms with Crippen LogP contribution in [0.1, 0.15) is 23.0 Å². The Bertz CT molecular complexity index is 1290. The second kappa shape index (κ2) is 7.98. The molecule has 0 aliphatic carbocycles. The van der Waals surface area contributed by atoms with Crippen LogP contribution in [0, 0.1) is 0 Å². The smallest absolute Gasteiger partial charge is 0.150 e. The van der Waals surface area contributed by atoms with E-state index >= 15 is 0 Å². The minimum atomic E-state index is 0.636. The Morgan fingerprint density at radius 2 is 1.45 bits per heavy atom. The molecular weight excluding hydrogens is 360 g/mol. The van der Waals surface area contributed by atoms with Crippen molar-refractivity contribution in [2.45, 2.75) is 6.92 Å². The van der Waals surface area contributed by atoms with Gasteiger partial charge < -0.3 is 0 Å². The number of nitrogens with zero attached hydrogens (tertiary/aromatic N) is 2. The summed E-state index contributed by atoms with van der Waals surface area (Å²) in [5.41, 5.74) is 5.51. The summed E-state index contributed by atoms with van der Waals surface area (Å²) in [5, 5.41) is 2.02. The average Bonchev–Trinajstić information content (AvgIpc) is 2.78. The quantitative estimate of drug-likeness (QED) is 0.201. The van der Waals surface area contributed by atoms with Crippen molar-refractivity contribution < 1.29 is 9.59 Å². The van der Waals surface area contributed by atoms with Crippen LogP contribution in [0.15, 0.2) is 78.4 Å². The lowest BCUT2D eigenvalue weighted by Crippen LogP contribution is -1.90. The first-order valence-electron chi connectivity index (χ1n) is 9.24. The van der Waals surface area contributed by atoms with Gasteiger partial charge in [0.05, 0.1) is 22.4 Å². The van der Waals surface area contributed by atoms with E-state index in [0.29, 0.717) is 11.1 Å². The second-order valence-corrected chi connectivity index (χ2v) is 6.77. The summed E-state index contributed by atoms with van der Waals surface area (Å²) >= 11 is 0. The van der Waals surface area contributed by atoms with Gasteiger partial charge in [-0.25, -0.2) is 9.97 Å². The van der Waals surface area contributed by atoms with E-state index in [0.717, 1.165) is 51.3 Å². The number of hydrogen-bond acceptors (Lipinski definition) is 4. The van der Waals surface area contributed by atoms with Crippen LogP contribution in [0.3, 0.4) is 0 Å². The zero-order valence-corrected chi connectivity index (χ0v) is 15.9. The van der Waals surface area contributed by atoms with Gasteiger partial charge in [-0.2, -0.15) is 0 Å². The van der Waals surface area contributed by atoms with E-state index in [1.807, 2.05) is 60.7 Å². The highest BCUT2D eigenvalue weighted by atomic mass is 16.1. The fourth-order valence-electron chi connectivity index (χ4n) is 3.11. The monoisotopic (exact) mass is 378 g/mol. The van der Waals surface area contributed by atoms with Crippen LogP contribution in [-0.2, 0) is 4.79 Å². The number of hydrogen-bond donors (Lipinski definition) is 0. The Labute approximate surface area is 168 Å². The van der Waals surface area contributed by atoms with E-state index in [9.17, 15) is 9.59 Å². The Kier molecular flexibility index (Phi) is 5.08. The van der Waals surface area contributed by atoms with Crippen LogP contribution in [0.2, 0.25) is 0 Å². The zero-order valence-electron chi connectivity index (χ0n) is 15.9. The molecule has 0 atom stereocenters. The number of benzene rings is 2. The fourth-order valence-corrected chi connectivity index (χ4v) is 3.11. The van der Waals surface area contributed by atoms with Crippen LogP contribution < -0.4 is 0 Å². The largest absolute Gasteiger partial charge is 0.298 e. The molecule has 2 aromatic heterocycles. The van der Waals surface area contributed by atoms with E-state index in [1.54, 1.807) is 25.1 Å². The first-order chi connectivity index (χ1) is 14.2. The molecule has 0 aliphatic heterocycles. The molecular formula is C25H18N2O2. The summed E-state index contributed by atoms with van der Waals surface area (Å²) in [6, 6.07) is 19.4. The Morgan fingerprint density at radius 3 is 2.14 bits per heavy atom. The minimum absolute atomic E-state index is 0.636. The van der Waals surface area contributed by atoms with Crippen LogP contribution in [0.4, 0.5) is 0 Å². The lowest BCUT2D eigenvalue weighted by atomic mass is 10.1. The van der Waals surface area contributed by atoms with E-state index in [4.69, 9.17) is 9.97 Å². The standard InChI is InChI=1S/C25H18N2O2/c1-17(15-28)3-2-4-22-13-11-20-9-10-21-12-14-23(27-25(21)24(20)26-22)19-7-5-18(16-29)6-8-19/h2-16H,1H3/b4-2+,17-3+. The molecule has 0 aliphatic rings. The maximum absolute atomic E-state index is 10.9. The molecule has 4 aromatic rings. The maximum atomic E-state index is 10.9. The van der Waals surface area contributed by atoms with Gasteiger partial charge in [0.1, 0.15) is 12.6 Å². The van der Waals surface area contributed by atoms with E-state index < -0.39 is 0 Å². The Morgan fingerprint density at radius 1 is 0.793 bits per heavy atom. The molecule has 0 bridgehead atoms. The van der Waals surface area contributed by atoms with Gasteiger partial charge in [-0.1, -0.05) is 60.7 Å². The number of pyridine rings is 2. The summed E-state index contributed by atoms with van der Waals surface area (Å²) in [6.07, 6.45) is 7.08. The zero-order chi connectivity index (χ0) is 20.2. The van der Waals surface area contributed by atoms with Gasteiger partial charge in [0.15, 0.2) is 0 Å². The molecule has 0 saturated carbocycles. The summed E-state index contributed by atoms with van der Waals surface area (Å²) < 4.78 is 0. The molecule has 0 spiro atoms. The van der Waals surface area contributed by atoms with Gasteiger partial charge in [-0.15, -0.1) is 0 Å². The summed E-state index contributed by atoms with van der Waals surface area (Å²) in [5.74, 6) is 0. The summed E-state index contributed by atoms with van der Waals surface area (Å²) in [7, 11) is 0. The molecule has 4 rings (SSSR count). The number of carbonyl (C=O) groups is 2. The number of rotatable bonds is 5. The predicted octanol–water partition coefficient (Wildman–Crippen LogP) is 5.42. The van der Waals surface area contributed by atoms with Crippen molar-refractivity contribution in [3.63, 3.8) is 0 Å². The Hall–Kier alpha value is -3.92. The van der Waals surface area contributed by atoms with E-state index in [-0.39, 0.29) is 0 Å². The van der Waals surface area contributed by atoms with Crippen LogP contribution in [0.25, 0.3) is 39.1 Å². The lowest BCUT2D eigenvalue weighted by molar-refractivity contribution is -0.104. The Balaban J connectivity index is 1.82. The topological polar surface area (TPSA) is 59.9 Å². The van der Waals surface area contributed by atoms with Crippen molar-refractivity contribution in [1.82, 2.24) is 9.97 Å². The van der Waals surface area contributed by atoms with Crippen LogP contribution in [-0.4, -0.2) is 22.5 Å². The molecule has 0 unspecified atom stereocenters. The van der Waals surface area contributed by atoms with Crippen LogP contribution in [0.5, 0.6) is 0 Å². The van der Waals surface area contributed by atoms with Gasteiger partial charge in [0.2, 0.25) is 0 Å². The molecule has 2 heterocycles. The highest BCUT2D eigenvalue weighted by Gasteiger charge is 2.07. The minimum Gasteiger partial charge on any atom is -0.298 e. The molecule has 0 radical (unpaired) electrons. The number of fused-ring (bicyclic) bond motifs is 3. The fraction of sp³-hybridized carbons (Fsp3) is 0.0400. The number of allylic oxidation sites excluding steroid dienone is 3. The second-order valence-electron chi connectivity index (χ2n) is 6.77. The molecule has 0 N–H and O–H groups in total. The summed E-state index contributed by atoms with van der Waals surface area (Å²) in [6.45, 7) is 1.76. The van der Waals surface area contributed by atoms with Gasteiger partial charge in [0, 0.05) is 21.9 Å². The van der Waals surface area contributed by atoms with Gasteiger partial charge >= 0.3 is 0 Å². The van der Waals surface area contributed by atoms with Crippen molar-refractivity contribution in [3.8, 4) is 11.3 Å². The molecule has 0 fully saturated rings. The first-order valence-corrected chi connectivity index (χ1v) is 9.24. The number of carbonyl (C=O) groups excluding carboxylic acids is 2. The molecule has 140 valence electrons. The third kappa shape index (κ3) is 3.87. The van der Waals surface area contributed by atoms with Crippen molar-refractivity contribution >= 4 is 40.5 Å².